The number of benzene rings is 1. The van der Waals surface area contributed by atoms with E-state index in [0.717, 1.165) is 10.6 Å². The lowest BCUT2D eigenvalue weighted by Gasteiger charge is -2.08. The van der Waals surface area contributed by atoms with Gasteiger partial charge < -0.3 is 9.26 Å². The molecular weight excluding hydrogens is 414 g/mol. The summed E-state index contributed by atoms with van der Waals surface area (Å²) in [7, 11) is 0. The third kappa shape index (κ3) is 3.59. The summed E-state index contributed by atoms with van der Waals surface area (Å²) >= 11 is 1.55. The van der Waals surface area contributed by atoms with E-state index in [1.54, 1.807) is 29.0 Å². The van der Waals surface area contributed by atoms with Crippen molar-refractivity contribution >= 4 is 28.3 Å². The van der Waals surface area contributed by atoms with Crippen LogP contribution in [0.1, 0.15) is 27.8 Å². The Kier molecular flexibility index (Phi) is 4.79. The van der Waals surface area contributed by atoms with Crippen molar-refractivity contribution in [3.63, 3.8) is 0 Å². The van der Waals surface area contributed by atoms with Gasteiger partial charge in [0.2, 0.25) is 0 Å². The van der Waals surface area contributed by atoms with E-state index in [-0.39, 0.29) is 12.5 Å². The van der Waals surface area contributed by atoms with Crippen LogP contribution in [-0.4, -0.2) is 30.9 Å². The van der Waals surface area contributed by atoms with Crippen LogP contribution in [0.5, 0.6) is 0 Å². The number of carbonyl (C=O) groups is 1. The molecule has 9 heteroatoms. The second-order valence-corrected chi connectivity index (χ2v) is 7.82. The first-order valence-corrected chi connectivity index (χ1v) is 10.4. The van der Waals surface area contributed by atoms with Gasteiger partial charge in [-0.25, -0.2) is 14.5 Å². The SMILES string of the molecule is Cc1noc(COC(=O)c2cc(-c3cccs3)nc3c2c(C)nn3-c2ccccc2)n1. The van der Waals surface area contributed by atoms with Gasteiger partial charge in [0.1, 0.15) is 0 Å². The van der Waals surface area contributed by atoms with Crippen molar-refractivity contribution < 1.29 is 14.1 Å². The zero-order valence-electron chi connectivity index (χ0n) is 16.8. The Labute approximate surface area is 181 Å². The number of thiophene rings is 1. The molecule has 5 rings (SSSR count). The van der Waals surface area contributed by atoms with Gasteiger partial charge in [-0.3, -0.25) is 0 Å². The van der Waals surface area contributed by atoms with Gasteiger partial charge in [0.05, 0.1) is 32.9 Å². The normalized spacial score (nSPS) is 11.2. The van der Waals surface area contributed by atoms with Crippen LogP contribution in [-0.2, 0) is 11.3 Å². The van der Waals surface area contributed by atoms with Gasteiger partial charge in [0.15, 0.2) is 18.1 Å². The molecule has 8 nitrogen and oxygen atoms in total. The average Bonchev–Trinajstić information content (AvgIpc) is 3.53. The lowest BCUT2D eigenvalue weighted by atomic mass is 10.1. The molecule has 0 radical (unpaired) electrons. The summed E-state index contributed by atoms with van der Waals surface area (Å²) in [5.41, 5.74) is 3.21. The molecule has 0 unspecified atom stereocenters. The van der Waals surface area contributed by atoms with E-state index < -0.39 is 5.97 Å². The number of hydrogen-bond acceptors (Lipinski definition) is 8. The molecule has 0 spiro atoms. The quantitative estimate of drug-likeness (QED) is 0.378. The molecular formula is C22H17N5O3S. The number of esters is 1. The number of aromatic nitrogens is 5. The van der Waals surface area contributed by atoms with E-state index in [4.69, 9.17) is 14.2 Å². The van der Waals surface area contributed by atoms with E-state index in [2.05, 4.69) is 15.2 Å². The molecule has 0 amide bonds. The Morgan fingerprint density at radius 2 is 1.97 bits per heavy atom. The van der Waals surface area contributed by atoms with Crippen LogP contribution in [0.2, 0.25) is 0 Å². The first kappa shape index (κ1) is 19.1. The van der Waals surface area contributed by atoms with Crippen molar-refractivity contribution in [3.8, 4) is 16.3 Å². The van der Waals surface area contributed by atoms with E-state index in [0.29, 0.717) is 33.8 Å². The van der Waals surface area contributed by atoms with Gasteiger partial charge in [0, 0.05) is 0 Å². The van der Waals surface area contributed by atoms with Crippen molar-refractivity contribution in [1.29, 1.82) is 0 Å². The first-order chi connectivity index (χ1) is 15.1. The number of hydrogen-bond donors (Lipinski definition) is 0. The predicted molar refractivity (Wildman–Crippen MR) is 115 cm³/mol. The van der Waals surface area contributed by atoms with Crippen LogP contribution >= 0.6 is 11.3 Å². The molecule has 31 heavy (non-hydrogen) atoms. The monoisotopic (exact) mass is 431 g/mol. The minimum absolute atomic E-state index is 0.107. The topological polar surface area (TPSA) is 95.9 Å². The van der Waals surface area contributed by atoms with E-state index in [9.17, 15) is 4.79 Å². The fourth-order valence-electron chi connectivity index (χ4n) is 3.35. The Bertz CT molecular complexity index is 1370. The summed E-state index contributed by atoms with van der Waals surface area (Å²) in [5, 5.41) is 11.0. The van der Waals surface area contributed by atoms with Gasteiger partial charge in [0.25, 0.3) is 5.89 Å². The smallest absolute Gasteiger partial charge is 0.339 e. The molecule has 4 heterocycles. The first-order valence-electron chi connectivity index (χ1n) is 9.56. The predicted octanol–water partition coefficient (Wildman–Crippen LogP) is 4.51. The molecule has 0 atom stereocenters. The largest absolute Gasteiger partial charge is 0.452 e. The molecule has 0 aliphatic carbocycles. The Morgan fingerprint density at radius 3 is 2.68 bits per heavy atom. The summed E-state index contributed by atoms with van der Waals surface area (Å²) in [6, 6.07) is 15.4. The van der Waals surface area contributed by atoms with Gasteiger partial charge in [-0.1, -0.05) is 29.4 Å². The fourth-order valence-corrected chi connectivity index (χ4v) is 4.04. The van der Waals surface area contributed by atoms with Crippen molar-refractivity contribution in [1.82, 2.24) is 24.9 Å². The summed E-state index contributed by atoms with van der Waals surface area (Å²) in [5.74, 6) is 0.223. The van der Waals surface area contributed by atoms with Gasteiger partial charge in [-0.2, -0.15) is 10.1 Å². The van der Waals surface area contributed by atoms with Gasteiger partial charge >= 0.3 is 5.97 Å². The Hall–Kier alpha value is -3.85. The summed E-state index contributed by atoms with van der Waals surface area (Å²) in [6.07, 6.45) is 0. The standard InChI is InChI=1S/C22H17N5O3S/c1-13-20-16(22(28)29-12-19-23-14(2)26-30-19)11-17(18-9-6-10-31-18)24-21(20)27(25-13)15-7-4-3-5-8-15/h3-11H,12H2,1-2H3. The molecule has 0 aliphatic rings. The number of carbonyl (C=O) groups excluding carboxylic acids is 1. The zero-order chi connectivity index (χ0) is 21.4. The number of para-hydroxylation sites is 1. The van der Waals surface area contributed by atoms with Gasteiger partial charge in [-0.15, -0.1) is 11.3 Å². The number of rotatable bonds is 5. The van der Waals surface area contributed by atoms with Crippen molar-refractivity contribution in [2.75, 3.05) is 0 Å². The maximum Gasteiger partial charge on any atom is 0.339 e. The third-order valence-corrected chi connectivity index (χ3v) is 5.60. The number of pyridine rings is 1. The Morgan fingerprint density at radius 1 is 1.13 bits per heavy atom. The number of ether oxygens (including phenoxy) is 1. The molecule has 5 aromatic rings. The number of nitrogens with zero attached hydrogens (tertiary/aromatic N) is 5. The van der Waals surface area contributed by atoms with E-state index in [1.807, 2.05) is 54.8 Å². The van der Waals surface area contributed by atoms with Crippen LogP contribution in [0.15, 0.2) is 58.4 Å². The van der Waals surface area contributed by atoms with Crippen LogP contribution in [0.25, 0.3) is 27.3 Å². The van der Waals surface area contributed by atoms with Crippen LogP contribution in [0.3, 0.4) is 0 Å². The molecule has 0 bridgehead atoms. The highest BCUT2D eigenvalue weighted by Crippen LogP contribution is 2.31. The molecule has 0 N–H and O–H groups in total. The lowest BCUT2D eigenvalue weighted by Crippen LogP contribution is -2.08. The molecule has 0 saturated carbocycles. The lowest BCUT2D eigenvalue weighted by molar-refractivity contribution is 0.0432. The molecule has 1 aromatic carbocycles. The van der Waals surface area contributed by atoms with Crippen LogP contribution < -0.4 is 0 Å². The number of aryl methyl sites for hydroxylation is 2. The molecule has 4 aromatic heterocycles. The maximum atomic E-state index is 13.1. The molecule has 154 valence electrons. The molecule has 0 aliphatic heterocycles. The van der Waals surface area contributed by atoms with Crippen molar-refractivity contribution in [2.45, 2.75) is 20.5 Å². The highest BCUT2D eigenvalue weighted by Gasteiger charge is 2.22. The zero-order valence-corrected chi connectivity index (χ0v) is 17.6. The van der Waals surface area contributed by atoms with Crippen LogP contribution in [0.4, 0.5) is 0 Å². The average molecular weight is 431 g/mol. The van der Waals surface area contributed by atoms with E-state index in [1.165, 1.54) is 0 Å². The second-order valence-electron chi connectivity index (χ2n) is 6.88. The fraction of sp³-hybridized carbons (Fsp3) is 0.136. The summed E-state index contributed by atoms with van der Waals surface area (Å²) < 4.78 is 12.3. The highest BCUT2D eigenvalue weighted by molar-refractivity contribution is 7.13. The molecule has 0 fully saturated rings. The van der Waals surface area contributed by atoms with Gasteiger partial charge in [-0.05, 0) is 43.5 Å². The summed E-state index contributed by atoms with van der Waals surface area (Å²) in [4.78, 5) is 22.9. The maximum absolute atomic E-state index is 13.1. The second kappa shape index (κ2) is 7.77. The summed E-state index contributed by atoms with van der Waals surface area (Å²) in [6.45, 7) is 3.45. The van der Waals surface area contributed by atoms with E-state index >= 15 is 0 Å². The highest BCUT2D eigenvalue weighted by atomic mass is 32.1. The minimum Gasteiger partial charge on any atom is -0.452 e. The number of fused-ring (bicyclic) bond motifs is 1. The third-order valence-electron chi connectivity index (χ3n) is 4.70. The molecule has 0 saturated heterocycles. The van der Waals surface area contributed by atoms with Crippen molar-refractivity contribution in [2.24, 2.45) is 0 Å². The minimum atomic E-state index is -0.503. The van der Waals surface area contributed by atoms with Crippen molar-refractivity contribution in [3.05, 3.63) is 76.9 Å². The Balaban J connectivity index is 1.64. The van der Waals surface area contributed by atoms with Crippen LogP contribution in [0, 0.1) is 13.8 Å².